The van der Waals surface area contributed by atoms with E-state index in [-0.39, 0.29) is 12.7 Å². The molecule has 1 saturated heterocycles. The Balaban J connectivity index is 2.15. The summed E-state index contributed by atoms with van der Waals surface area (Å²) in [6.45, 7) is 1.71. The van der Waals surface area contributed by atoms with Crippen LogP contribution < -0.4 is 4.90 Å². The molecule has 0 unspecified atom stereocenters. The molecule has 0 saturated carbocycles. The molecule has 0 spiro atoms. The number of aromatic nitrogens is 1. The van der Waals surface area contributed by atoms with Crippen molar-refractivity contribution < 1.29 is 10.2 Å². The van der Waals surface area contributed by atoms with Crippen LogP contribution in [0.2, 0.25) is 0 Å². The second-order valence-electron chi connectivity index (χ2n) is 3.88. The molecule has 0 atom stereocenters. The highest BCUT2D eigenvalue weighted by atomic mass is 16.3. The van der Waals surface area contributed by atoms with Gasteiger partial charge in [0, 0.05) is 36.7 Å². The van der Waals surface area contributed by atoms with Gasteiger partial charge in [-0.25, -0.2) is 0 Å². The van der Waals surface area contributed by atoms with E-state index < -0.39 is 0 Å². The minimum Gasteiger partial charge on any atom is -0.393 e. The SMILES string of the molecule is OCc1cnccc1N1CCC(O)CC1. The highest BCUT2D eigenvalue weighted by Crippen LogP contribution is 2.23. The van der Waals surface area contributed by atoms with Crippen LogP contribution in [0, 0.1) is 0 Å². The molecule has 4 nitrogen and oxygen atoms in total. The summed E-state index contributed by atoms with van der Waals surface area (Å²) >= 11 is 0. The molecular weight excluding hydrogens is 192 g/mol. The van der Waals surface area contributed by atoms with E-state index in [2.05, 4.69) is 9.88 Å². The molecule has 2 N–H and O–H groups in total. The standard InChI is InChI=1S/C11H16N2O2/c14-8-9-7-12-4-1-11(9)13-5-2-10(15)3-6-13/h1,4,7,10,14-15H,2-3,5-6,8H2. The molecule has 0 radical (unpaired) electrons. The van der Waals surface area contributed by atoms with Crippen molar-refractivity contribution in [3.8, 4) is 0 Å². The Labute approximate surface area is 89.2 Å². The lowest BCUT2D eigenvalue weighted by atomic mass is 10.1. The van der Waals surface area contributed by atoms with Crippen molar-refractivity contribution in [2.45, 2.75) is 25.6 Å². The van der Waals surface area contributed by atoms with E-state index in [1.165, 1.54) is 0 Å². The Bertz CT molecular complexity index is 322. The first-order chi connectivity index (χ1) is 7.31. The van der Waals surface area contributed by atoms with E-state index >= 15 is 0 Å². The van der Waals surface area contributed by atoms with Crippen LogP contribution in [0.4, 0.5) is 5.69 Å². The van der Waals surface area contributed by atoms with Gasteiger partial charge in [0.15, 0.2) is 0 Å². The Morgan fingerprint density at radius 3 is 2.80 bits per heavy atom. The van der Waals surface area contributed by atoms with E-state index in [0.29, 0.717) is 0 Å². The van der Waals surface area contributed by atoms with Gasteiger partial charge in [0.2, 0.25) is 0 Å². The second kappa shape index (κ2) is 4.59. The summed E-state index contributed by atoms with van der Waals surface area (Å²) in [6.07, 6.45) is 4.86. The molecule has 2 rings (SSSR count). The maximum absolute atomic E-state index is 9.41. The summed E-state index contributed by atoms with van der Waals surface area (Å²) in [5, 5.41) is 18.6. The molecule has 0 aromatic carbocycles. The van der Waals surface area contributed by atoms with Crippen LogP contribution in [0.5, 0.6) is 0 Å². The van der Waals surface area contributed by atoms with E-state index in [4.69, 9.17) is 0 Å². The summed E-state index contributed by atoms with van der Waals surface area (Å²) in [7, 11) is 0. The van der Waals surface area contributed by atoms with E-state index in [1.54, 1.807) is 12.4 Å². The lowest BCUT2D eigenvalue weighted by Gasteiger charge is -2.32. The summed E-state index contributed by atoms with van der Waals surface area (Å²) in [6, 6.07) is 1.92. The molecule has 0 aliphatic carbocycles. The van der Waals surface area contributed by atoms with Gasteiger partial charge in [-0.3, -0.25) is 4.98 Å². The lowest BCUT2D eigenvalue weighted by molar-refractivity contribution is 0.145. The maximum atomic E-state index is 9.41. The first-order valence-electron chi connectivity index (χ1n) is 5.28. The van der Waals surface area contributed by atoms with Gasteiger partial charge in [0.25, 0.3) is 0 Å². The van der Waals surface area contributed by atoms with Crippen molar-refractivity contribution in [1.82, 2.24) is 4.98 Å². The molecule has 1 aliphatic rings. The average molecular weight is 208 g/mol. The van der Waals surface area contributed by atoms with Gasteiger partial charge in [-0.1, -0.05) is 0 Å². The third-order valence-corrected chi connectivity index (χ3v) is 2.85. The van der Waals surface area contributed by atoms with Crippen molar-refractivity contribution >= 4 is 5.69 Å². The fraction of sp³-hybridized carbons (Fsp3) is 0.545. The van der Waals surface area contributed by atoms with Crippen LogP contribution in [0.1, 0.15) is 18.4 Å². The number of hydrogen-bond acceptors (Lipinski definition) is 4. The molecule has 0 bridgehead atoms. The predicted molar refractivity (Wildman–Crippen MR) is 57.6 cm³/mol. The Hall–Kier alpha value is -1.13. The number of piperidine rings is 1. The maximum Gasteiger partial charge on any atom is 0.0717 e. The van der Waals surface area contributed by atoms with Crippen LogP contribution in [0.3, 0.4) is 0 Å². The highest BCUT2D eigenvalue weighted by Gasteiger charge is 2.18. The third-order valence-electron chi connectivity index (χ3n) is 2.85. The average Bonchev–Trinajstić information content (AvgIpc) is 2.30. The first-order valence-corrected chi connectivity index (χ1v) is 5.28. The third kappa shape index (κ3) is 2.27. The van der Waals surface area contributed by atoms with Gasteiger partial charge in [0.05, 0.1) is 12.7 Å². The first kappa shape index (κ1) is 10.4. The monoisotopic (exact) mass is 208 g/mol. The van der Waals surface area contributed by atoms with Crippen molar-refractivity contribution in [2.75, 3.05) is 18.0 Å². The lowest BCUT2D eigenvalue weighted by Crippen LogP contribution is -2.36. The fourth-order valence-electron chi connectivity index (χ4n) is 1.96. The Kier molecular flexibility index (Phi) is 3.18. The second-order valence-corrected chi connectivity index (χ2v) is 3.88. The Morgan fingerprint density at radius 1 is 1.40 bits per heavy atom. The molecule has 2 heterocycles. The van der Waals surface area contributed by atoms with Gasteiger partial charge in [-0.15, -0.1) is 0 Å². The van der Waals surface area contributed by atoms with Crippen LogP contribution in [-0.2, 0) is 6.61 Å². The van der Waals surface area contributed by atoms with Gasteiger partial charge < -0.3 is 15.1 Å². The number of nitrogens with zero attached hydrogens (tertiary/aromatic N) is 2. The summed E-state index contributed by atoms with van der Waals surface area (Å²) in [5.74, 6) is 0. The van der Waals surface area contributed by atoms with Crippen molar-refractivity contribution in [2.24, 2.45) is 0 Å². The van der Waals surface area contributed by atoms with Crippen molar-refractivity contribution in [1.29, 1.82) is 0 Å². The van der Waals surface area contributed by atoms with Gasteiger partial charge in [-0.05, 0) is 18.9 Å². The van der Waals surface area contributed by atoms with Crippen LogP contribution in [-0.4, -0.2) is 34.4 Å². The minimum absolute atomic E-state index is 0.0161. The fourth-order valence-corrected chi connectivity index (χ4v) is 1.96. The van der Waals surface area contributed by atoms with Crippen molar-refractivity contribution in [3.63, 3.8) is 0 Å². The summed E-state index contributed by atoms with van der Waals surface area (Å²) < 4.78 is 0. The Morgan fingerprint density at radius 2 is 2.13 bits per heavy atom. The molecule has 4 heteroatoms. The van der Waals surface area contributed by atoms with Gasteiger partial charge in [0.1, 0.15) is 0 Å². The van der Waals surface area contributed by atoms with Gasteiger partial charge >= 0.3 is 0 Å². The van der Waals surface area contributed by atoms with Crippen LogP contribution >= 0.6 is 0 Å². The molecule has 0 amide bonds. The van der Waals surface area contributed by atoms with E-state index in [1.807, 2.05) is 6.07 Å². The topological polar surface area (TPSA) is 56.6 Å². The predicted octanol–water partition coefficient (Wildman–Crippen LogP) is 0.535. The zero-order valence-corrected chi connectivity index (χ0v) is 8.63. The normalized spacial score (nSPS) is 18.1. The number of hydrogen-bond donors (Lipinski definition) is 2. The summed E-state index contributed by atoms with van der Waals surface area (Å²) in [4.78, 5) is 6.18. The zero-order valence-electron chi connectivity index (χ0n) is 8.63. The highest BCUT2D eigenvalue weighted by molar-refractivity contribution is 5.52. The largest absolute Gasteiger partial charge is 0.393 e. The number of pyridine rings is 1. The molecule has 1 aromatic rings. The molecular formula is C11H16N2O2. The molecule has 82 valence electrons. The molecule has 1 fully saturated rings. The quantitative estimate of drug-likeness (QED) is 0.744. The van der Waals surface area contributed by atoms with E-state index in [0.717, 1.165) is 37.2 Å². The number of aliphatic hydroxyl groups excluding tert-OH is 2. The number of rotatable bonds is 2. The number of aliphatic hydroxyl groups is 2. The molecule has 15 heavy (non-hydrogen) atoms. The van der Waals surface area contributed by atoms with Crippen molar-refractivity contribution in [3.05, 3.63) is 24.0 Å². The number of anilines is 1. The summed E-state index contributed by atoms with van der Waals surface area (Å²) in [5.41, 5.74) is 1.90. The van der Waals surface area contributed by atoms with Gasteiger partial charge in [-0.2, -0.15) is 0 Å². The van der Waals surface area contributed by atoms with E-state index in [9.17, 15) is 10.2 Å². The molecule has 1 aromatic heterocycles. The van der Waals surface area contributed by atoms with Crippen LogP contribution in [0.15, 0.2) is 18.5 Å². The smallest absolute Gasteiger partial charge is 0.0717 e. The zero-order chi connectivity index (χ0) is 10.7. The minimum atomic E-state index is -0.166. The van der Waals surface area contributed by atoms with Crippen LogP contribution in [0.25, 0.3) is 0 Å². The molecule has 1 aliphatic heterocycles.